The molecule has 1 heterocycles. The Bertz CT molecular complexity index is 342. The van der Waals surface area contributed by atoms with Crippen molar-refractivity contribution in [2.45, 2.75) is 26.7 Å². The molecule has 3 nitrogen and oxygen atoms in total. The van der Waals surface area contributed by atoms with E-state index in [1.165, 1.54) is 0 Å². The summed E-state index contributed by atoms with van der Waals surface area (Å²) < 4.78 is 5.39. The van der Waals surface area contributed by atoms with Crippen LogP contribution in [0.2, 0.25) is 0 Å². The van der Waals surface area contributed by atoms with Gasteiger partial charge >= 0.3 is 0 Å². The van der Waals surface area contributed by atoms with Crippen molar-refractivity contribution in [1.29, 1.82) is 5.26 Å². The third kappa shape index (κ3) is 2.46. The molecule has 1 rings (SSSR count). The van der Waals surface area contributed by atoms with Crippen LogP contribution >= 0.6 is 0 Å². The van der Waals surface area contributed by atoms with Crippen LogP contribution in [0.25, 0.3) is 0 Å². The lowest BCUT2D eigenvalue weighted by molar-refractivity contribution is 0.315. The number of rotatable bonds is 4. The van der Waals surface area contributed by atoms with Gasteiger partial charge in [-0.3, -0.25) is 4.98 Å². The van der Waals surface area contributed by atoms with Crippen molar-refractivity contribution in [3.8, 4) is 11.8 Å². The predicted octanol–water partition coefficient (Wildman–Crippen LogP) is 2.30. The van der Waals surface area contributed by atoms with Gasteiger partial charge in [-0.25, -0.2) is 0 Å². The molecule has 74 valence electrons. The van der Waals surface area contributed by atoms with Gasteiger partial charge in [0.25, 0.3) is 0 Å². The fourth-order valence-corrected chi connectivity index (χ4v) is 1.09. The summed E-state index contributed by atoms with van der Waals surface area (Å²) in [6.45, 7) is 4.66. The number of nitriles is 1. The first-order valence-corrected chi connectivity index (χ1v) is 4.83. The van der Waals surface area contributed by atoms with Crippen molar-refractivity contribution in [3.63, 3.8) is 0 Å². The van der Waals surface area contributed by atoms with Crippen LogP contribution in [0.4, 0.5) is 0 Å². The lowest BCUT2D eigenvalue weighted by atomic mass is 10.2. The van der Waals surface area contributed by atoms with E-state index in [4.69, 9.17) is 10.00 Å². The van der Waals surface area contributed by atoms with E-state index in [9.17, 15) is 0 Å². The van der Waals surface area contributed by atoms with Crippen LogP contribution in [-0.4, -0.2) is 11.6 Å². The molecule has 0 saturated heterocycles. The van der Waals surface area contributed by atoms with Crippen molar-refractivity contribution in [2.24, 2.45) is 0 Å². The highest BCUT2D eigenvalue weighted by Crippen LogP contribution is 2.17. The van der Waals surface area contributed by atoms with E-state index in [1.807, 2.05) is 13.8 Å². The summed E-state index contributed by atoms with van der Waals surface area (Å²) >= 11 is 0. The number of pyridine rings is 1. The highest BCUT2D eigenvalue weighted by atomic mass is 16.5. The Hall–Kier alpha value is -1.56. The molecular weight excluding hydrogens is 176 g/mol. The molecule has 0 N–H and O–H groups in total. The van der Waals surface area contributed by atoms with Crippen molar-refractivity contribution in [2.75, 3.05) is 6.61 Å². The molecule has 0 bridgehead atoms. The number of hydrogen-bond donors (Lipinski definition) is 0. The third-order valence-corrected chi connectivity index (χ3v) is 1.87. The van der Waals surface area contributed by atoms with E-state index < -0.39 is 0 Å². The average Bonchev–Trinajstić information content (AvgIpc) is 2.26. The summed E-state index contributed by atoms with van der Waals surface area (Å²) in [5, 5.41) is 8.88. The monoisotopic (exact) mass is 190 g/mol. The quantitative estimate of drug-likeness (QED) is 0.731. The SMILES string of the molecule is CCCOc1cnc(CC)cc1C#N. The first-order valence-electron chi connectivity index (χ1n) is 4.83. The van der Waals surface area contributed by atoms with Gasteiger partial charge in [0.2, 0.25) is 0 Å². The number of ether oxygens (including phenoxy) is 1. The Balaban J connectivity index is 2.89. The van der Waals surface area contributed by atoms with E-state index in [-0.39, 0.29) is 0 Å². The average molecular weight is 190 g/mol. The maximum absolute atomic E-state index is 8.88. The van der Waals surface area contributed by atoms with E-state index in [0.717, 1.165) is 18.5 Å². The lowest BCUT2D eigenvalue weighted by Gasteiger charge is -2.06. The second-order valence-corrected chi connectivity index (χ2v) is 2.99. The van der Waals surface area contributed by atoms with Crippen molar-refractivity contribution in [3.05, 3.63) is 23.5 Å². The third-order valence-electron chi connectivity index (χ3n) is 1.87. The second kappa shape index (κ2) is 5.23. The molecule has 1 aromatic rings. The van der Waals surface area contributed by atoms with Crippen LogP contribution in [0.1, 0.15) is 31.5 Å². The van der Waals surface area contributed by atoms with Gasteiger partial charge in [0.15, 0.2) is 5.75 Å². The van der Waals surface area contributed by atoms with Gasteiger partial charge < -0.3 is 4.74 Å². The van der Waals surface area contributed by atoms with Crippen molar-refractivity contribution < 1.29 is 4.74 Å². The highest BCUT2D eigenvalue weighted by Gasteiger charge is 2.04. The van der Waals surface area contributed by atoms with Crippen LogP contribution in [-0.2, 0) is 6.42 Å². The van der Waals surface area contributed by atoms with Gasteiger partial charge in [0, 0.05) is 5.69 Å². The summed E-state index contributed by atoms with van der Waals surface area (Å²) in [6.07, 6.45) is 3.40. The highest BCUT2D eigenvalue weighted by molar-refractivity contribution is 5.42. The molecule has 0 amide bonds. The Morgan fingerprint density at radius 2 is 2.29 bits per heavy atom. The fraction of sp³-hybridized carbons (Fsp3) is 0.455. The molecule has 0 aromatic carbocycles. The predicted molar refractivity (Wildman–Crippen MR) is 54.1 cm³/mol. The Kier molecular flexibility index (Phi) is 3.93. The minimum atomic E-state index is 0.574. The molecular formula is C11H14N2O. The smallest absolute Gasteiger partial charge is 0.155 e. The van der Waals surface area contributed by atoms with Gasteiger partial charge in [-0.05, 0) is 18.9 Å². The molecule has 3 heteroatoms. The largest absolute Gasteiger partial charge is 0.491 e. The normalized spacial score (nSPS) is 9.50. The van der Waals surface area contributed by atoms with Crippen molar-refractivity contribution in [1.82, 2.24) is 4.98 Å². The van der Waals surface area contributed by atoms with Crippen molar-refractivity contribution >= 4 is 0 Å². The minimum Gasteiger partial charge on any atom is -0.491 e. The maximum Gasteiger partial charge on any atom is 0.155 e. The van der Waals surface area contributed by atoms with Crippen LogP contribution < -0.4 is 4.74 Å². The first kappa shape index (κ1) is 10.5. The summed E-state index contributed by atoms with van der Waals surface area (Å²) in [4.78, 5) is 4.18. The minimum absolute atomic E-state index is 0.574. The van der Waals surface area contributed by atoms with Gasteiger partial charge in [-0.1, -0.05) is 13.8 Å². The Morgan fingerprint density at radius 3 is 2.86 bits per heavy atom. The van der Waals surface area contributed by atoms with Gasteiger partial charge in [0.1, 0.15) is 6.07 Å². The van der Waals surface area contributed by atoms with E-state index in [1.54, 1.807) is 12.3 Å². The topological polar surface area (TPSA) is 45.9 Å². The zero-order valence-corrected chi connectivity index (χ0v) is 8.58. The molecule has 14 heavy (non-hydrogen) atoms. The van der Waals surface area contributed by atoms with Crippen LogP contribution in [0.3, 0.4) is 0 Å². The van der Waals surface area contributed by atoms with Crippen LogP contribution in [0, 0.1) is 11.3 Å². The van der Waals surface area contributed by atoms with E-state index in [0.29, 0.717) is 17.9 Å². The molecule has 0 aliphatic carbocycles. The van der Waals surface area contributed by atoms with Crippen LogP contribution in [0.5, 0.6) is 5.75 Å². The molecule has 0 aliphatic heterocycles. The van der Waals surface area contributed by atoms with Crippen LogP contribution in [0.15, 0.2) is 12.3 Å². The first-order chi connectivity index (χ1) is 6.81. The molecule has 0 aliphatic rings. The summed E-state index contributed by atoms with van der Waals surface area (Å²) in [5.74, 6) is 0.589. The second-order valence-electron chi connectivity index (χ2n) is 2.99. The molecule has 0 saturated carbocycles. The molecule has 0 atom stereocenters. The van der Waals surface area contributed by atoms with E-state index >= 15 is 0 Å². The fourth-order valence-electron chi connectivity index (χ4n) is 1.09. The summed E-state index contributed by atoms with van der Waals surface area (Å²) in [5.41, 5.74) is 1.50. The number of hydrogen-bond acceptors (Lipinski definition) is 3. The summed E-state index contributed by atoms with van der Waals surface area (Å²) in [7, 11) is 0. The molecule has 1 aromatic heterocycles. The molecule has 0 fully saturated rings. The number of aryl methyl sites for hydroxylation is 1. The molecule has 0 spiro atoms. The molecule has 0 radical (unpaired) electrons. The van der Waals surface area contributed by atoms with E-state index in [2.05, 4.69) is 11.1 Å². The van der Waals surface area contributed by atoms with Gasteiger partial charge in [-0.2, -0.15) is 5.26 Å². The molecule has 0 unspecified atom stereocenters. The number of aromatic nitrogens is 1. The lowest BCUT2D eigenvalue weighted by Crippen LogP contribution is -1.99. The Labute approximate surface area is 84.3 Å². The maximum atomic E-state index is 8.88. The number of nitrogens with zero attached hydrogens (tertiary/aromatic N) is 2. The summed E-state index contributed by atoms with van der Waals surface area (Å²) in [6, 6.07) is 3.90. The standard InChI is InChI=1S/C11H14N2O/c1-3-5-14-11-8-13-10(4-2)6-9(11)7-12/h6,8H,3-5H2,1-2H3. The van der Waals surface area contributed by atoms with Gasteiger partial charge in [-0.15, -0.1) is 0 Å². The zero-order valence-electron chi connectivity index (χ0n) is 8.58. The van der Waals surface area contributed by atoms with Gasteiger partial charge in [0.05, 0.1) is 18.4 Å². The Morgan fingerprint density at radius 1 is 1.50 bits per heavy atom. The zero-order chi connectivity index (χ0) is 10.4.